The number of hydrogen-bond donors (Lipinski definition) is 3. The molecule has 0 saturated heterocycles. The predicted molar refractivity (Wildman–Crippen MR) is 95.1 cm³/mol. The van der Waals surface area contributed by atoms with Gasteiger partial charge in [0.15, 0.2) is 5.76 Å². The number of hydrogen-bond acceptors (Lipinski definition) is 8. The maximum atomic E-state index is 9.46. The molecule has 0 saturated carbocycles. The Kier molecular flexibility index (Phi) is 4.97. The molecule has 0 amide bonds. The van der Waals surface area contributed by atoms with Gasteiger partial charge in [-0.3, -0.25) is 0 Å². The van der Waals surface area contributed by atoms with Crippen molar-refractivity contribution < 1.29 is 4.42 Å². The van der Waals surface area contributed by atoms with Crippen molar-refractivity contribution in [3.8, 4) is 17.5 Å². The highest BCUT2D eigenvalue weighted by atomic mass is 35.5. The molecule has 3 aromatic heterocycles. The fourth-order valence-electron chi connectivity index (χ4n) is 2.16. The maximum absolute atomic E-state index is 9.46. The van der Waals surface area contributed by atoms with E-state index in [-0.39, 0.29) is 11.5 Å². The lowest BCUT2D eigenvalue weighted by Gasteiger charge is -2.11. The summed E-state index contributed by atoms with van der Waals surface area (Å²) in [5, 5.41) is 16.2. The van der Waals surface area contributed by atoms with Crippen LogP contribution >= 0.6 is 11.6 Å². The van der Waals surface area contributed by atoms with Gasteiger partial charge < -0.3 is 20.8 Å². The number of pyridine rings is 1. The molecular weight excluding hydrogens is 342 g/mol. The van der Waals surface area contributed by atoms with Crippen LogP contribution in [0.3, 0.4) is 0 Å². The van der Waals surface area contributed by atoms with Crippen LogP contribution in [0, 0.1) is 11.3 Å². The molecule has 3 rings (SSSR count). The normalized spacial score (nSPS) is 10.2. The van der Waals surface area contributed by atoms with E-state index in [1.165, 1.54) is 6.26 Å². The van der Waals surface area contributed by atoms with E-state index in [0.29, 0.717) is 41.2 Å². The molecule has 0 unspecified atom stereocenters. The molecule has 8 nitrogen and oxygen atoms in total. The van der Waals surface area contributed by atoms with Gasteiger partial charge in [0.1, 0.15) is 29.0 Å². The number of rotatable bonds is 6. The van der Waals surface area contributed by atoms with Crippen molar-refractivity contribution in [2.45, 2.75) is 0 Å². The van der Waals surface area contributed by atoms with Gasteiger partial charge in [0.25, 0.3) is 0 Å². The molecule has 0 aliphatic heterocycles. The SMILES string of the molecule is N#Cc1c(NCCNc2ccc(Cl)cn2)nc(N)nc1-c1ccco1. The Balaban J connectivity index is 1.70. The highest BCUT2D eigenvalue weighted by molar-refractivity contribution is 6.30. The van der Waals surface area contributed by atoms with Crippen molar-refractivity contribution in [3.05, 3.63) is 47.3 Å². The Labute approximate surface area is 148 Å². The Bertz CT molecular complexity index is 888. The van der Waals surface area contributed by atoms with Gasteiger partial charge >= 0.3 is 0 Å². The van der Waals surface area contributed by atoms with E-state index in [2.05, 4.69) is 31.7 Å². The molecule has 0 spiro atoms. The summed E-state index contributed by atoms with van der Waals surface area (Å²) in [6.45, 7) is 1.05. The Morgan fingerprint density at radius 1 is 1.20 bits per heavy atom. The zero-order valence-corrected chi connectivity index (χ0v) is 13.8. The van der Waals surface area contributed by atoms with Gasteiger partial charge in [0.2, 0.25) is 5.95 Å². The Morgan fingerprint density at radius 3 is 2.72 bits per heavy atom. The second-order valence-electron chi connectivity index (χ2n) is 4.96. The minimum absolute atomic E-state index is 0.0558. The fourth-order valence-corrected chi connectivity index (χ4v) is 2.27. The molecule has 0 aromatic carbocycles. The molecule has 0 aliphatic carbocycles. The van der Waals surface area contributed by atoms with E-state index in [9.17, 15) is 5.26 Å². The van der Waals surface area contributed by atoms with Gasteiger partial charge in [-0.15, -0.1) is 0 Å². The van der Waals surface area contributed by atoms with Crippen LogP contribution in [0.15, 0.2) is 41.1 Å². The lowest BCUT2D eigenvalue weighted by molar-refractivity contribution is 0.580. The molecule has 9 heteroatoms. The monoisotopic (exact) mass is 355 g/mol. The molecule has 0 fully saturated rings. The van der Waals surface area contributed by atoms with E-state index in [1.54, 1.807) is 30.5 Å². The topological polar surface area (TPSA) is 126 Å². The lowest BCUT2D eigenvalue weighted by atomic mass is 10.2. The minimum Gasteiger partial charge on any atom is -0.463 e. The first-order valence-corrected chi connectivity index (χ1v) is 7.76. The molecule has 3 aromatic rings. The molecule has 0 atom stereocenters. The van der Waals surface area contributed by atoms with Crippen molar-refractivity contribution in [2.75, 3.05) is 29.5 Å². The fraction of sp³-hybridized carbons (Fsp3) is 0.125. The summed E-state index contributed by atoms with van der Waals surface area (Å²) in [5.41, 5.74) is 6.38. The first-order chi connectivity index (χ1) is 12.2. The molecule has 126 valence electrons. The highest BCUT2D eigenvalue weighted by Gasteiger charge is 2.16. The quantitative estimate of drug-likeness (QED) is 0.576. The van der Waals surface area contributed by atoms with E-state index in [4.69, 9.17) is 21.8 Å². The molecule has 0 bridgehead atoms. The smallest absolute Gasteiger partial charge is 0.222 e. The third-order valence-corrected chi connectivity index (χ3v) is 3.47. The summed E-state index contributed by atoms with van der Waals surface area (Å²) in [4.78, 5) is 12.3. The van der Waals surface area contributed by atoms with Gasteiger partial charge in [0.05, 0.1) is 11.3 Å². The third kappa shape index (κ3) is 3.97. The minimum atomic E-state index is 0.0558. The largest absolute Gasteiger partial charge is 0.463 e. The summed E-state index contributed by atoms with van der Waals surface area (Å²) >= 11 is 5.79. The lowest BCUT2D eigenvalue weighted by Crippen LogP contribution is -2.16. The summed E-state index contributed by atoms with van der Waals surface area (Å²) in [7, 11) is 0. The van der Waals surface area contributed by atoms with Crippen molar-refractivity contribution in [2.24, 2.45) is 0 Å². The van der Waals surface area contributed by atoms with Crippen LogP contribution in [0.1, 0.15) is 5.56 Å². The average molecular weight is 356 g/mol. The van der Waals surface area contributed by atoms with Crippen LogP contribution in [0.5, 0.6) is 0 Å². The second-order valence-corrected chi connectivity index (χ2v) is 5.39. The summed E-state index contributed by atoms with van der Waals surface area (Å²) in [5.74, 6) is 1.56. The van der Waals surface area contributed by atoms with Crippen LogP contribution in [0.25, 0.3) is 11.5 Å². The number of anilines is 3. The summed E-state index contributed by atoms with van der Waals surface area (Å²) in [6, 6.07) is 9.04. The first-order valence-electron chi connectivity index (χ1n) is 7.38. The number of nitrogens with one attached hydrogen (secondary N) is 2. The van der Waals surface area contributed by atoms with Crippen molar-refractivity contribution >= 4 is 29.2 Å². The number of nitrogens with two attached hydrogens (primary N) is 1. The number of halogens is 1. The second kappa shape index (κ2) is 7.51. The van der Waals surface area contributed by atoms with Crippen molar-refractivity contribution in [1.29, 1.82) is 5.26 Å². The molecular formula is C16H14ClN7O. The predicted octanol–water partition coefficient (Wildman–Crippen LogP) is 2.76. The van der Waals surface area contributed by atoms with Crippen molar-refractivity contribution in [3.63, 3.8) is 0 Å². The van der Waals surface area contributed by atoms with E-state index in [0.717, 1.165) is 0 Å². The van der Waals surface area contributed by atoms with Crippen LogP contribution in [0.4, 0.5) is 17.6 Å². The number of nitrogens with zero attached hydrogens (tertiary/aromatic N) is 4. The van der Waals surface area contributed by atoms with Gasteiger partial charge in [-0.1, -0.05) is 11.6 Å². The van der Waals surface area contributed by atoms with Gasteiger partial charge in [-0.2, -0.15) is 10.2 Å². The van der Waals surface area contributed by atoms with E-state index in [1.807, 2.05) is 0 Å². The maximum Gasteiger partial charge on any atom is 0.222 e. The molecule has 0 aliphatic rings. The zero-order valence-electron chi connectivity index (χ0n) is 13.0. The standard InChI is InChI=1S/C16H14ClN7O/c17-10-3-4-13(22-9-10)20-5-6-21-15-11(8-18)14(23-16(19)24-15)12-2-1-7-25-12/h1-4,7,9H,5-6H2,(H,20,22)(H3,19,21,23,24). The average Bonchev–Trinajstić information content (AvgIpc) is 3.14. The van der Waals surface area contributed by atoms with Crippen LogP contribution < -0.4 is 16.4 Å². The van der Waals surface area contributed by atoms with E-state index < -0.39 is 0 Å². The van der Waals surface area contributed by atoms with Gasteiger partial charge in [-0.25, -0.2) is 9.97 Å². The number of nitrogen functional groups attached to an aromatic ring is 1. The molecule has 25 heavy (non-hydrogen) atoms. The van der Waals surface area contributed by atoms with E-state index >= 15 is 0 Å². The number of furan rings is 1. The van der Waals surface area contributed by atoms with Crippen molar-refractivity contribution in [1.82, 2.24) is 15.0 Å². The summed E-state index contributed by atoms with van der Waals surface area (Å²) < 4.78 is 5.31. The molecule has 3 heterocycles. The molecule has 4 N–H and O–H groups in total. The third-order valence-electron chi connectivity index (χ3n) is 3.24. The molecule has 0 radical (unpaired) electrons. The van der Waals surface area contributed by atoms with Gasteiger partial charge in [-0.05, 0) is 24.3 Å². The zero-order chi connectivity index (χ0) is 17.6. The number of aromatic nitrogens is 3. The highest BCUT2D eigenvalue weighted by Crippen LogP contribution is 2.26. The first kappa shape index (κ1) is 16.5. The summed E-state index contributed by atoms with van der Waals surface area (Å²) in [6.07, 6.45) is 3.07. The van der Waals surface area contributed by atoms with Crippen LogP contribution in [0.2, 0.25) is 5.02 Å². The van der Waals surface area contributed by atoms with Gasteiger partial charge in [0, 0.05) is 19.3 Å². The number of nitriles is 1. The van der Waals surface area contributed by atoms with Crippen LogP contribution in [-0.2, 0) is 0 Å². The Hall–Kier alpha value is -3.31. The Morgan fingerprint density at radius 2 is 2.04 bits per heavy atom. The van der Waals surface area contributed by atoms with Crippen LogP contribution in [-0.4, -0.2) is 28.0 Å².